The second-order valence-corrected chi connectivity index (χ2v) is 7.05. The summed E-state index contributed by atoms with van der Waals surface area (Å²) < 4.78 is 5.06. The topological polar surface area (TPSA) is 141 Å². The maximum absolute atomic E-state index is 12.0. The minimum absolute atomic E-state index is 0.0722. The van der Waals surface area contributed by atoms with Crippen molar-refractivity contribution in [1.82, 2.24) is 16.0 Å². The van der Waals surface area contributed by atoms with Crippen molar-refractivity contribution in [2.75, 3.05) is 13.1 Å². The molecule has 0 bridgehead atoms. The van der Waals surface area contributed by atoms with Crippen molar-refractivity contribution in [2.45, 2.75) is 52.7 Å². The first-order valence-corrected chi connectivity index (χ1v) is 8.30. The lowest BCUT2D eigenvalue weighted by molar-refractivity contribution is -0.141. The number of hydrogen-bond acceptors (Lipinski definition) is 6. The Morgan fingerprint density at radius 3 is 2.31 bits per heavy atom. The number of nitrogens with zero attached hydrogens (tertiary/aromatic N) is 1. The molecular formula is C17H28N4O5. The number of alkyl carbamates (subject to hydrolysis) is 1. The van der Waals surface area contributed by atoms with E-state index in [1.807, 2.05) is 13.8 Å². The molecule has 0 aromatic heterocycles. The number of ether oxygens (including phenoxy) is 1. The summed E-state index contributed by atoms with van der Waals surface area (Å²) >= 11 is 0. The zero-order valence-electron chi connectivity index (χ0n) is 15.9. The van der Waals surface area contributed by atoms with Crippen molar-refractivity contribution in [3.63, 3.8) is 0 Å². The lowest BCUT2D eigenvalue weighted by Gasteiger charge is -2.19. The largest absolute Gasteiger partial charge is 0.480 e. The van der Waals surface area contributed by atoms with Crippen LogP contribution in [0, 0.1) is 17.2 Å². The number of nitriles is 1. The van der Waals surface area contributed by atoms with Gasteiger partial charge in [-0.2, -0.15) is 5.26 Å². The van der Waals surface area contributed by atoms with Crippen molar-refractivity contribution < 1.29 is 24.2 Å². The van der Waals surface area contributed by atoms with Crippen LogP contribution in [0.5, 0.6) is 0 Å². The SMILES string of the molecule is CC(C)CC(NC(=O)/C(C#N)=C\NCCNC(=O)OC(C)(C)C)C(=O)O. The van der Waals surface area contributed by atoms with Crippen molar-refractivity contribution in [2.24, 2.45) is 5.92 Å². The predicted octanol–water partition coefficient (Wildman–Crippen LogP) is 1.12. The molecule has 0 saturated carbocycles. The maximum atomic E-state index is 12.0. The summed E-state index contributed by atoms with van der Waals surface area (Å²) in [6.45, 7) is 9.38. The fraction of sp³-hybridized carbons (Fsp3) is 0.647. The molecule has 1 unspecified atom stereocenters. The van der Waals surface area contributed by atoms with Crippen molar-refractivity contribution in [3.05, 3.63) is 11.8 Å². The molecule has 0 rings (SSSR count). The number of aliphatic carboxylic acids is 1. The summed E-state index contributed by atoms with van der Waals surface area (Å²) in [4.78, 5) is 34.6. The fourth-order valence-electron chi connectivity index (χ4n) is 1.80. The van der Waals surface area contributed by atoms with Crippen LogP contribution in [-0.4, -0.2) is 47.8 Å². The van der Waals surface area contributed by atoms with Crippen molar-refractivity contribution in [3.8, 4) is 6.07 Å². The maximum Gasteiger partial charge on any atom is 0.407 e. The van der Waals surface area contributed by atoms with E-state index in [2.05, 4.69) is 16.0 Å². The molecule has 146 valence electrons. The normalized spacial score (nSPS) is 12.7. The monoisotopic (exact) mass is 368 g/mol. The van der Waals surface area contributed by atoms with Crippen LogP contribution >= 0.6 is 0 Å². The molecule has 2 amide bonds. The molecule has 0 aliphatic carbocycles. The molecular weight excluding hydrogens is 340 g/mol. The van der Waals surface area contributed by atoms with Crippen LogP contribution in [0.2, 0.25) is 0 Å². The number of amides is 2. The van der Waals surface area contributed by atoms with Gasteiger partial charge in [0.15, 0.2) is 0 Å². The average Bonchev–Trinajstić information content (AvgIpc) is 2.47. The van der Waals surface area contributed by atoms with Gasteiger partial charge < -0.3 is 25.8 Å². The highest BCUT2D eigenvalue weighted by Gasteiger charge is 2.22. The Kier molecular flexibility index (Phi) is 9.81. The smallest absolute Gasteiger partial charge is 0.407 e. The molecule has 9 heteroatoms. The van der Waals surface area contributed by atoms with E-state index in [9.17, 15) is 14.4 Å². The van der Waals surface area contributed by atoms with Crippen LogP contribution in [0.25, 0.3) is 0 Å². The van der Waals surface area contributed by atoms with E-state index in [1.54, 1.807) is 26.8 Å². The first-order valence-electron chi connectivity index (χ1n) is 8.30. The molecule has 0 spiro atoms. The molecule has 9 nitrogen and oxygen atoms in total. The van der Waals surface area contributed by atoms with Gasteiger partial charge in [-0.05, 0) is 33.1 Å². The Morgan fingerprint density at radius 2 is 1.85 bits per heavy atom. The third-order valence-corrected chi connectivity index (χ3v) is 2.86. The molecule has 1 atom stereocenters. The quantitative estimate of drug-likeness (QED) is 0.271. The van der Waals surface area contributed by atoms with Gasteiger partial charge in [0.05, 0.1) is 0 Å². The first kappa shape index (κ1) is 23.2. The first-order chi connectivity index (χ1) is 12.0. The molecule has 0 fully saturated rings. The van der Waals surface area contributed by atoms with Crippen LogP contribution in [0.1, 0.15) is 41.0 Å². The van der Waals surface area contributed by atoms with Gasteiger partial charge in [0.25, 0.3) is 5.91 Å². The molecule has 0 radical (unpaired) electrons. The van der Waals surface area contributed by atoms with E-state index in [4.69, 9.17) is 15.1 Å². The fourth-order valence-corrected chi connectivity index (χ4v) is 1.80. The summed E-state index contributed by atoms with van der Waals surface area (Å²) in [6, 6.07) is 0.650. The molecule has 0 heterocycles. The third kappa shape index (κ3) is 10.9. The van der Waals surface area contributed by atoms with Gasteiger partial charge in [-0.15, -0.1) is 0 Å². The Labute approximate surface area is 153 Å². The summed E-state index contributed by atoms with van der Waals surface area (Å²) in [5.41, 5.74) is -0.850. The van der Waals surface area contributed by atoms with Crippen LogP contribution < -0.4 is 16.0 Å². The zero-order chi connectivity index (χ0) is 20.3. The number of rotatable bonds is 9. The highest BCUT2D eigenvalue weighted by Crippen LogP contribution is 2.06. The number of carbonyl (C=O) groups is 3. The molecule has 0 aromatic rings. The van der Waals surface area contributed by atoms with Gasteiger partial charge in [0.2, 0.25) is 0 Å². The van der Waals surface area contributed by atoms with Crippen LogP contribution in [0.3, 0.4) is 0 Å². The minimum atomic E-state index is -1.15. The standard InChI is InChI=1S/C17H28N4O5/c1-11(2)8-13(15(23)24)21-14(22)12(9-18)10-19-6-7-20-16(25)26-17(3,4)5/h10-11,13,19H,6-8H2,1-5H3,(H,20,25)(H,21,22)(H,23,24)/b12-10-. The van der Waals surface area contributed by atoms with Crippen molar-refractivity contribution in [1.29, 1.82) is 5.26 Å². The van der Waals surface area contributed by atoms with Gasteiger partial charge >= 0.3 is 12.1 Å². The van der Waals surface area contributed by atoms with Gasteiger partial charge in [-0.3, -0.25) is 4.79 Å². The van der Waals surface area contributed by atoms with Crippen LogP contribution in [0.4, 0.5) is 4.79 Å². The van der Waals surface area contributed by atoms with Crippen molar-refractivity contribution >= 4 is 18.0 Å². The molecule has 26 heavy (non-hydrogen) atoms. The summed E-state index contributed by atoms with van der Waals surface area (Å²) in [5.74, 6) is -1.85. The highest BCUT2D eigenvalue weighted by atomic mass is 16.6. The van der Waals surface area contributed by atoms with Gasteiger partial charge in [0.1, 0.15) is 23.3 Å². The van der Waals surface area contributed by atoms with Crippen LogP contribution in [0.15, 0.2) is 11.8 Å². The molecule has 0 aromatic carbocycles. The minimum Gasteiger partial charge on any atom is -0.480 e. The van der Waals surface area contributed by atoms with E-state index in [0.717, 1.165) is 0 Å². The Hall–Kier alpha value is -2.76. The van der Waals surface area contributed by atoms with E-state index < -0.39 is 29.6 Å². The van der Waals surface area contributed by atoms with Gasteiger partial charge in [-0.25, -0.2) is 9.59 Å². The number of carbonyl (C=O) groups excluding carboxylic acids is 2. The molecule has 0 aliphatic heterocycles. The predicted molar refractivity (Wildman–Crippen MR) is 95.0 cm³/mol. The van der Waals surface area contributed by atoms with E-state index in [-0.39, 0.29) is 31.0 Å². The Morgan fingerprint density at radius 1 is 1.23 bits per heavy atom. The number of carboxylic acids is 1. The Bertz CT molecular complexity index is 573. The van der Waals surface area contributed by atoms with E-state index in [0.29, 0.717) is 0 Å². The van der Waals surface area contributed by atoms with Gasteiger partial charge in [0, 0.05) is 19.3 Å². The number of nitrogens with one attached hydrogen (secondary N) is 3. The second-order valence-electron chi connectivity index (χ2n) is 7.05. The van der Waals surface area contributed by atoms with E-state index in [1.165, 1.54) is 6.20 Å². The highest BCUT2D eigenvalue weighted by molar-refractivity contribution is 5.99. The summed E-state index contributed by atoms with van der Waals surface area (Å²) in [6.07, 6.45) is 0.868. The van der Waals surface area contributed by atoms with Crippen LogP contribution in [-0.2, 0) is 14.3 Å². The average molecular weight is 368 g/mol. The number of hydrogen-bond donors (Lipinski definition) is 4. The molecule has 0 saturated heterocycles. The second kappa shape index (κ2) is 11.0. The third-order valence-electron chi connectivity index (χ3n) is 2.86. The zero-order valence-corrected chi connectivity index (χ0v) is 15.9. The molecule has 4 N–H and O–H groups in total. The number of carboxylic acid groups (broad SMARTS) is 1. The lowest BCUT2D eigenvalue weighted by atomic mass is 10.0. The lowest BCUT2D eigenvalue weighted by Crippen LogP contribution is -2.42. The van der Waals surface area contributed by atoms with Gasteiger partial charge in [-0.1, -0.05) is 13.8 Å². The molecule has 0 aliphatic rings. The summed E-state index contributed by atoms with van der Waals surface area (Å²) in [5, 5.41) is 25.7. The summed E-state index contributed by atoms with van der Waals surface area (Å²) in [7, 11) is 0. The Balaban J connectivity index is 4.46. The van der Waals surface area contributed by atoms with E-state index >= 15 is 0 Å².